The van der Waals surface area contributed by atoms with Gasteiger partial charge in [-0.3, -0.25) is 0 Å². The second-order valence-corrected chi connectivity index (χ2v) is 4.46. The molecule has 2 N–H and O–H groups in total. The summed E-state index contributed by atoms with van der Waals surface area (Å²) in [6.45, 7) is 0.412. The van der Waals surface area contributed by atoms with Crippen LogP contribution in [0.15, 0.2) is 24.3 Å². The summed E-state index contributed by atoms with van der Waals surface area (Å²) >= 11 is 2.28. The third kappa shape index (κ3) is 2.03. The molecule has 0 saturated carbocycles. The first-order chi connectivity index (χ1) is 7.22. The summed E-state index contributed by atoms with van der Waals surface area (Å²) in [5, 5.41) is 7.99. The van der Waals surface area contributed by atoms with Crippen LogP contribution >= 0.6 is 22.6 Å². The molecule has 0 unspecified atom stereocenters. The van der Waals surface area contributed by atoms with Gasteiger partial charge in [0.2, 0.25) is 0 Å². The highest BCUT2D eigenvalue weighted by molar-refractivity contribution is 14.1. The molecule has 0 fully saturated rings. The lowest BCUT2D eigenvalue weighted by molar-refractivity contribution is 0.718. The molecular weight excluding hydrogens is 303 g/mol. The number of halogens is 1. The van der Waals surface area contributed by atoms with E-state index in [4.69, 9.17) is 5.73 Å². The second-order valence-electron chi connectivity index (χ2n) is 3.22. The molecule has 78 valence electrons. The fourth-order valence-corrected chi connectivity index (χ4v) is 1.86. The molecule has 15 heavy (non-hydrogen) atoms. The molecule has 1 aromatic carbocycles. The average Bonchev–Trinajstić information content (AvgIpc) is 2.61. The Kier molecular flexibility index (Phi) is 3.01. The van der Waals surface area contributed by atoms with Crippen LogP contribution in [0.25, 0.3) is 11.3 Å². The fraction of sp³-hybridized carbons (Fsp3) is 0.200. The molecular formula is C10H11IN4. The predicted molar refractivity (Wildman–Crippen MR) is 67.0 cm³/mol. The van der Waals surface area contributed by atoms with Crippen LogP contribution in [0.2, 0.25) is 0 Å². The Morgan fingerprint density at radius 1 is 1.33 bits per heavy atom. The number of hydrogen-bond acceptors (Lipinski definition) is 3. The minimum Gasteiger partial charge on any atom is -0.325 e. The zero-order valence-electron chi connectivity index (χ0n) is 8.31. The van der Waals surface area contributed by atoms with Gasteiger partial charge in [-0.1, -0.05) is 17.3 Å². The summed E-state index contributed by atoms with van der Waals surface area (Å²) in [5.74, 6) is 0. The standard InChI is InChI=1S/C10H11IN4/c1-15-10(9(6-12)13-14-15)7-2-4-8(11)5-3-7/h2-5H,6,12H2,1H3. The first kappa shape index (κ1) is 10.6. The van der Waals surface area contributed by atoms with E-state index < -0.39 is 0 Å². The van der Waals surface area contributed by atoms with E-state index in [0.29, 0.717) is 6.54 Å². The largest absolute Gasteiger partial charge is 0.325 e. The summed E-state index contributed by atoms with van der Waals surface area (Å²) in [7, 11) is 1.87. The Morgan fingerprint density at radius 2 is 2.00 bits per heavy atom. The molecule has 2 aromatic rings. The van der Waals surface area contributed by atoms with Crippen molar-refractivity contribution in [3.8, 4) is 11.3 Å². The van der Waals surface area contributed by atoms with Gasteiger partial charge in [-0.2, -0.15) is 0 Å². The average molecular weight is 314 g/mol. The summed E-state index contributed by atoms with van der Waals surface area (Å²) in [6, 6.07) is 8.23. The topological polar surface area (TPSA) is 56.7 Å². The molecule has 0 spiro atoms. The monoisotopic (exact) mass is 314 g/mol. The van der Waals surface area contributed by atoms with Gasteiger partial charge in [-0.05, 0) is 34.7 Å². The smallest absolute Gasteiger partial charge is 0.104 e. The summed E-state index contributed by atoms with van der Waals surface area (Å²) < 4.78 is 2.96. The summed E-state index contributed by atoms with van der Waals surface area (Å²) in [6.07, 6.45) is 0. The molecule has 0 amide bonds. The molecule has 4 nitrogen and oxygen atoms in total. The van der Waals surface area contributed by atoms with E-state index in [2.05, 4.69) is 57.2 Å². The van der Waals surface area contributed by atoms with Gasteiger partial charge in [-0.25, -0.2) is 4.68 Å². The minimum absolute atomic E-state index is 0.412. The SMILES string of the molecule is Cn1nnc(CN)c1-c1ccc(I)cc1. The maximum absolute atomic E-state index is 5.61. The quantitative estimate of drug-likeness (QED) is 0.856. The number of aryl methyl sites for hydroxylation is 1. The maximum Gasteiger partial charge on any atom is 0.104 e. The first-order valence-electron chi connectivity index (χ1n) is 4.57. The van der Waals surface area contributed by atoms with Gasteiger partial charge in [0.1, 0.15) is 5.69 Å². The van der Waals surface area contributed by atoms with Crippen molar-refractivity contribution < 1.29 is 0 Å². The van der Waals surface area contributed by atoms with E-state index in [1.165, 1.54) is 3.57 Å². The third-order valence-corrected chi connectivity index (χ3v) is 2.93. The van der Waals surface area contributed by atoms with Crippen molar-refractivity contribution in [2.75, 3.05) is 0 Å². The van der Waals surface area contributed by atoms with Gasteiger partial charge in [0.05, 0.1) is 5.69 Å². The molecule has 0 radical (unpaired) electrons. The molecule has 0 aliphatic rings. The van der Waals surface area contributed by atoms with Crippen molar-refractivity contribution in [3.05, 3.63) is 33.5 Å². The van der Waals surface area contributed by atoms with Crippen molar-refractivity contribution in [1.29, 1.82) is 0 Å². The zero-order valence-corrected chi connectivity index (χ0v) is 10.5. The van der Waals surface area contributed by atoms with Crippen LogP contribution < -0.4 is 5.73 Å². The Balaban J connectivity index is 2.52. The van der Waals surface area contributed by atoms with Crippen molar-refractivity contribution in [1.82, 2.24) is 15.0 Å². The van der Waals surface area contributed by atoms with E-state index >= 15 is 0 Å². The van der Waals surface area contributed by atoms with Crippen molar-refractivity contribution >= 4 is 22.6 Å². The molecule has 5 heteroatoms. The highest BCUT2D eigenvalue weighted by atomic mass is 127. The Hall–Kier alpha value is -0.950. The van der Waals surface area contributed by atoms with Crippen LogP contribution in [-0.2, 0) is 13.6 Å². The summed E-state index contributed by atoms with van der Waals surface area (Å²) in [5.41, 5.74) is 8.54. The van der Waals surface area contributed by atoms with Gasteiger partial charge >= 0.3 is 0 Å². The first-order valence-corrected chi connectivity index (χ1v) is 5.65. The molecule has 0 saturated heterocycles. The van der Waals surface area contributed by atoms with Crippen LogP contribution in [-0.4, -0.2) is 15.0 Å². The maximum atomic E-state index is 5.61. The lowest BCUT2D eigenvalue weighted by atomic mass is 10.1. The number of benzene rings is 1. The lowest BCUT2D eigenvalue weighted by Gasteiger charge is -2.03. The number of aromatic nitrogens is 3. The predicted octanol–water partition coefficient (Wildman–Crippen LogP) is 1.55. The molecule has 0 atom stereocenters. The Labute approximate surface area is 102 Å². The van der Waals surface area contributed by atoms with E-state index in [0.717, 1.165) is 17.0 Å². The highest BCUT2D eigenvalue weighted by Crippen LogP contribution is 2.21. The van der Waals surface area contributed by atoms with Crippen LogP contribution in [0.5, 0.6) is 0 Å². The van der Waals surface area contributed by atoms with Gasteiger partial charge in [0, 0.05) is 22.7 Å². The normalized spacial score (nSPS) is 10.6. The van der Waals surface area contributed by atoms with Gasteiger partial charge < -0.3 is 5.73 Å². The number of nitrogens with two attached hydrogens (primary N) is 1. The van der Waals surface area contributed by atoms with Crippen LogP contribution in [0.3, 0.4) is 0 Å². The molecule has 0 aliphatic carbocycles. The Morgan fingerprint density at radius 3 is 2.60 bits per heavy atom. The third-order valence-electron chi connectivity index (χ3n) is 2.21. The number of rotatable bonds is 2. The van der Waals surface area contributed by atoms with Crippen molar-refractivity contribution in [2.24, 2.45) is 12.8 Å². The fourth-order valence-electron chi connectivity index (χ4n) is 1.50. The van der Waals surface area contributed by atoms with E-state index in [1.54, 1.807) is 4.68 Å². The van der Waals surface area contributed by atoms with E-state index in [1.807, 2.05) is 7.05 Å². The molecule has 0 aliphatic heterocycles. The van der Waals surface area contributed by atoms with E-state index in [9.17, 15) is 0 Å². The van der Waals surface area contributed by atoms with E-state index in [-0.39, 0.29) is 0 Å². The zero-order chi connectivity index (χ0) is 10.8. The molecule has 1 heterocycles. The molecule has 2 rings (SSSR count). The lowest BCUT2D eigenvalue weighted by Crippen LogP contribution is -2.00. The van der Waals surface area contributed by atoms with Gasteiger partial charge in [-0.15, -0.1) is 5.10 Å². The Bertz CT molecular complexity index is 461. The van der Waals surface area contributed by atoms with Crippen molar-refractivity contribution in [2.45, 2.75) is 6.54 Å². The number of hydrogen-bond donors (Lipinski definition) is 1. The molecule has 0 bridgehead atoms. The highest BCUT2D eigenvalue weighted by Gasteiger charge is 2.10. The minimum atomic E-state index is 0.412. The summed E-state index contributed by atoms with van der Waals surface area (Å²) in [4.78, 5) is 0. The number of nitrogens with zero attached hydrogens (tertiary/aromatic N) is 3. The van der Waals surface area contributed by atoms with Crippen molar-refractivity contribution in [3.63, 3.8) is 0 Å². The molecule has 1 aromatic heterocycles. The van der Waals surface area contributed by atoms with Gasteiger partial charge in [0.25, 0.3) is 0 Å². The second kappa shape index (κ2) is 4.28. The van der Waals surface area contributed by atoms with Crippen LogP contribution in [0, 0.1) is 3.57 Å². The van der Waals surface area contributed by atoms with Gasteiger partial charge in [0.15, 0.2) is 0 Å². The van der Waals surface area contributed by atoms with Crippen LogP contribution in [0.1, 0.15) is 5.69 Å². The van der Waals surface area contributed by atoms with Crippen LogP contribution in [0.4, 0.5) is 0 Å².